The highest BCUT2D eigenvalue weighted by molar-refractivity contribution is 5.80. The van der Waals surface area contributed by atoms with Crippen LogP contribution in [0.5, 0.6) is 0 Å². The predicted octanol–water partition coefficient (Wildman–Crippen LogP) is 0.933. The average molecular weight is 291 g/mol. The van der Waals surface area contributed by atoms with Gasteiger partial charge in [0, 0.05) is 6.54 Å². The first-order chi connectivity index (χ1) is 10.2. The summed E-state index contributed by atoms with van der Waals surface area (Å²) < 4.78 is 10.3. The van der Waals surface area contributed by atoms with Gasteiger partial charge in [0.2, 0.25) is 0 Å². The Bertz CT molecular complexity index is 546. The van der Waals surface area contributed by atoms with Gasteiger partial charge in [0.1, 0.15) is 18.8 Å². The molecule has 21 heavy (non-hydrogen) atoms. The quantitative estimate of drug-likeness (QED) is 0.839. The monoisotopic (exact) mass is 291 g/mol. The number of nitrogens with zero attached hydrogens (tertiary/aromatic N) is 1. The van der Waals surface area contributed by atoms with Crippen LogP contribution in [0.2, 0.25) is 0 Å². The van der Waals surface area contributed by atoms with Gasteiger partial charge < -0.3 is 14.6 Å². The molecule has 0 aliphatic carbocycles. The summed E-state index contributed by atoms with van der Waals surface area (Å²) in [6, 6.07) is 9.36. The number of esters is 1. The molecule has 0 aromatic heterocycles. The van der Waals surface area contributed by atoms with E-state index >= 15 is 0 Å². The van der Waals surface area contributed by atoms with Crippen molar-refractivity contribution in [3.05, 3.63) is 35.9 Å². The Hall–Kier alpha value is -2.08. The van der Waals surface area contributed by atoms with E-state index in [2.05, 4.69) is 0 Å². The van der Waals surface area contributed by atoms with Crippen molar-refractivity contribution in [1.82, 2.24) is 4.90 Å². The zero-order valence-corrected chi connectivity index (χ0v) is 11.5. The molecule has 0 bridgehead atoms. The van der Waals surface area contributed by atoms with Crippen molar-refractivity contribution in [1.29, 1.82) is 0 Å². The van der Waals surface area contributed by atoms with Gasteiger partial charge in [-0.05, 0) is 12.0 Å². The van der Waals surface area contributed by atoms with E-state index in [-0.39, 0.29) is 25.8 Å². The minimum Gasteiger partial charge on any atom is -0.463 e. The molecule has 1 aromatic rings. The van der Waals surface area contributed by atoms with E-state index in [0.29, 0.717) is 13.0 Å². The van der Waals surface area contributed by atoms with E-state index < -0.39 is 17.6 Å². The molecule has 2 aliphatic rings. The topological polar surface area (TPSA) is 76.1 Å². The number of likely N-dealkylation sites (tertiary alicyclic amines) is 1. The number of amides is 1. The fourth-order valence-electron chi connectivity index (χ4n) is 3.06. The highest BCUT2D eigenvalue weighted by Gasteiger charge is 2.59. The smallest absolute Gasteiger partial charge is 0.410 e. The van der Waals surface area contributed by atoms with E-state index in [1.165, 1.54) is 4.90 Å². The molecule has 2 aliphatic heterocycles. The maximum atomic E-state index is 12.3. The van der Waals surface area contributed by atoms with Gasteiger partial charge in [0.05, 0.1) is 12.5 Å². The highest BCUT2D eigenvalue weighted by Crippen LogP contribution is 2.40. The van der Waals surface area contributed by atoms with Gasteiger partial charge in [0.15, 0.2) is 0 Å². The molecule has 1 N–H and O–H groups in total. The first-order valence-corrected chi connectivity index (χ1v) is 6.93. The molecule has 0 saturated carbocycles. The standard InChI is InChI=1S/C15H17NO5/c17-9-15-10-21-13(18)12(15)6-7-16(15)14(19)20-8-11-4-2-1-3-5-11/h1-5,12,17H,6-10H2/t12-,15+/m0/s1. The Labute approximate surface area is 122 Å². The number of rotatable bonds is 3. The first-order valence-electron chi connectivity index (χ1n) is 6.93. The van der Waals surface area contributed by atoms with Crippen molar-refractivity contribution < 1.29 is 24.2 Å². The molecule has 6 heteroatoms. The third-order valence-corrected chi connectivity index (χ3v) is 4.28. The lowest BCUT2D eigenvalue weighted by molar-refractivity contribution is -0.141. The Kier molecular flexibility index (Phi) is 3.55. The molecule has 6 nitrogen and oxygen atoms in total. The predicted molar refractivity (Wildman–Crippen MR) is 72.2 cm³/mol. The molecule has 2 saturated heterocycles. The van der Waals surface area contributed by atoms with Gasteiger partial charge in [-0.3, -0.25) is 9.69 Å². The number of carbonyl (C=O) groups is 2. The Morgan fingerprint density at radius 1 is 1.43 bits per heavy atom. The van der Waals surface area contributed by atoms with Crippen LogP contribution in [-0.2, 0) is 20.9 Å². The summed E-state index contributed by atoms with van der Waals surface area (Å²) in [5, 5.41) is 9.67. The molecule has 0 spiro atoms. The summed E-state index contributed by atoms with van der Waals surface area (Å²) in [6.45, 7) is 0.294. The zero-order valence-electron chi connectivity index (χ0n) is 11.5. The average Bonchev–Trinajstić information content (AvgIpc) is 3.05. The number of aliphatic hydroxyl groups excluding tert-OH is 1. The van der Waals surface area contributed by atoms with Crippen LogP contribution in [0, 0.1) is 5.92 Å². The third-order valence-electron chi connectivity index (χ3n) is 4.28. The van der Waals surface area contributed by atoms with E-state index in [9.17, 15) is 14.7 Å². The number of aliphatic hydroxyl groups is 1. The maximum absolute atomic E-state index is 12.3. The van der Waals surface area contributed by atoms with E-state index in [4.69, 9.17) is 9.47 Å². The lowest BCUT2D eigenvalue weighted by Crippen LogP contribution is -2.54. The number of hydrogen-bond acceptors (Lipinski definition) is 5. The van der Waals surface area contributed by atoms with Crippen LogP contribution in [-0.4, -0.2) is 47.4 Å². The number of carbonyl (C=O) groups excluding carboxylic acids is 2. The van der Waals surface area contributed by atoms with Crippen molar-refractivity contribution in [3.8, 4) is 0 Å². The second kappa shape index (κ2) is 5.37. The lowest BCUT2D eigenvalue weighted by Gasteiger charge is -2.33. The molecular formula is C15H17NO5. The van der Waals surface area contributed by atoms with E-state index in [1.807, 2.05) is 30.3 Å². The summed E-state index contributed by atoms with van der Waals surface area (Å²) in [6.07, 6.45) is -0.0199. The van der Waals surface area contributed by atoms with Gasteiger partial charge in [-0.1, -0.05) is 30.3 Å². The number of cyclic esters (lactones) is 1. The molecule has 112 valence electrons. The molecule has 2 heterocycles. The normalized spacial score (nSPS) is 27.4. The summed E-state index contributed by atoms with van der Waals surface area (Å²) in [7, 11) is 0. The fourth-order valence-corrected chi connectivity index (χ4v) is 3.06. The Morgan fingerprint density at radius 3 is 2.90 bits per heavy atom. The SMILES string of the molecule is O=C1OC[C@]2(CO)[C@H]1CCN2C(=O)OCc1ccccc1. The van der Waals surface area contributed by atoms with E-state index in [1.54, 1.807) is 0 Å². The van der Waals surface area contributed by atoms with E-state index in [0.717, 1.165) is 5.56 Å². The zero-order chi connectivity index (χ0) is 14.9. The van der Waals surface area contributed by atoms with Crippen LogP contribution in [0.15, 0.2) is 30.3 Å². The van der Waals surface area contributed by atoms with Crippen LogP contribution in [0.1, 0.15) is 12.0 Å². The third kappa shape index (κ3) is 2.25. The van der Waals surface area contributed by atoms with Gasteiger partial charge in [-0.25, -0.2) is 4.79 Å². The van der Waals surface area contributed by atoms with Crippen LogP contribution in [0.3, 0.4) is 0 Å². The van der Waals surface area contributed by atoms with Crippen LogP contribution in [0.4, 0.5) is 4.79 Å². The van der Waals surface area contributed by atoms with Gasteiger partial charge >= 0.3 is 12.1 Å². The van der Waals surface area contributed by atoms with Crippen molar-refractivity contribution in [3.63, 3.8) is 0 Å². The summed E-state index contributed by atoms with van der Waals surface area (Å²) >= 11 is 0. The number of benzene rings is 1. The lowest BCUT2D eigenvalue weighted by atomic mass is 9.88. The second-order valence-corrected chi connectivity index (χ2v) is 5.40. The fraction of sp³-hybridized carbons (Fsp3) is 0.467. The number of fused-ring (bicyclic) bond motifs is 1. The maximum Gasteiger partial charge on any atom is 0.410 e. The molecule has 1 amide bonds. The Morgan fingerprint density at radius 2 is 2.19 bits per heavy atom. The summed E-state index contributed by atoms with van der Waals surface area (Å²) in [5.41, 5.74) is -0.0661. The van der Waals surface area contributed by atoms with Crippen molar-refractivity contribution in [2.24, 2.45) is 5.92 Å². The van der Waals surface area contributed by atoms with Gasteiger partial charge in [-0.2, -0.15) is 0 Å². The minimum atomic E-state index is -0.954. The molecular weight excluding hydrogens is 274 g/mol. The van der Waals surface area contributed by atoms with Crippen LogP contribution >= 0.6 is 0 Å². The van der Waals surface area contributed by atoms with Crippen LogP contribution < -0.4 is 0 Å². The number of hydrogen-bond donors (Lipinski definition) is 1. The minimum absolute atomic E-state index is 0.0352. The van der Waals surface area contributed by atoms with Crippen molar-refractivity contribution >= 4 is 12.1 Å². The molecule has 1 aromatic carbocycles. The molecule has 3 rings (SSSR count). The second-order valence-electron chi connectivity index (χ2n) is 5.40. The van der Waals surface area contributed by atoms with Gasteiger partial charge in [-0.15, -0.1) is 0 Å². The molecule has 0 radical (unpaired) electrons. The molecule has 2 atom stereocenters. The van der Waals surface area contributed by atoms with Crippen molar-refractivity contribution in [2.75, 3.05) is 19.8 Å². The molecule has 2 fully saturated rings. The Balaban J connectivity index is 1.69. The molecule has 0 unspecified atom stereocenters. The largest absolute Gasteiger partial charge is 0.463 e. The summed E-state index contributed by atoms with van der Waals surface area (Å²) in [5.74, 6) is -0.797. The number of ether oxygens (including phenoxy) is 2. The summed E-state index contributed by atoms with van der Waals surface area (Å²) in [4.78, 5) is 25.3. The van der Waals surface area contributed by atoms with Crippen LogP contribution in [0.25, 0.3) is 0 Å². The first kappa shape index (κ1) is 13.9. The van der Waals surface area contributed by atoms with Crippen molar-refractivity contribution in [2.45, 2.75) is 18.6 Å². The van der Waals surface area contributed by atoms with Gasteiger partial charge in [0.25, 0.3) is 0 Å². The highest BCUT2D eigenvalue weighted by atomic mass is 16.6.